The number of carbonyl (C=O) groups is 3. The molecule has 1 aliphatic rings. The summed E-state index contributed by atoms with van der Waals surface area (Å²) in [6, 6.07) is 8.70. The van der Waals surface area contributed by atoms with E-state index in [-0.39, 0.29) is 0 Å². The summed E-state index contributed by atoms with van der Waals surface area (Å²) in [7, 11) is 0. The monoisotopic (exact) mass is 374 g/mol. The second-order valence-corrected chi connectivity index (χ2v) is 6.70. The van der Waals surface area contributed by atoms with Crippen molar-refractivity contribution in [1.29, 1.82) is 0 Å². The number of urea groups is 1. The van der Waals surface area contributed by atoms with Gasteiger partial charge in [-0.3, -0.25) is 10.1 Å². The van der Waals surface area contributed by atoms with E-state index in [1.807, 2.05) is 24.3 Å². The largest absolute Gasteiger partial charge is 0.488 e. The first-order valence-corrected chi connectivity index (χ1v) is 8.95. The molecule has 1 aromatic carbocycles. The van der Waals surface area contributed by atoms with Gasteiger partial charge in [-0.2, -0.15) is 0 Å². The van der Waals surface area contributed by atoms with Gasteiger partial charge in [0.1, 0.15) is 17.2 Å². The number of thiophene rings is 1. The zero-order valence-electron chi connectivity index (χ0n) is 14.3. The van der Waals surface area contributed by atoms with Crippen molar-refractivity contribution >= 4 is 29.2 Å². The minimum Gasteiger partial charge on any atom is -0.488 e. The first-order chi connectivity index (χ1) is 12.5. The predicted molar refractivity (Wildman–Crippen MR) is 96.2 cm³/mol. The van der Waals surface area contributed by atoms with E-state index in [1.165, 1.54) is 18.3 Å². The molecule has 1 aliphatic heterocycles. The van der Waals surface area contributed by atoms with Gasteiger partial charge in [-0.1, -0.05) is 12.1 Å². The van der Waals surface area contributed by atoms with Gasteiger partial charge in [-0.05, 0) is 32.0 Å². The van der Waals surface area contributed by atoms with E-state index in [4.69, 9.17) is 9.47 Å². The Morgan fingerprint density at radius 1 is 1.31 bits per heavy atom. The van der Waals surface area contributed by atoms with Crippen molar-refractivity contribution in [3.8, 4) is 16.2 Å². The van der Waals surface area contributed by atoms with Gasteiger partial charge in [0.05, 0.1) is 0 Å². The minimum atomic E-state index is -1.09. The highest BCUT2D eigenvalue weighted by molar-refractivity contribution is 7.17. The van der Waals surface area contributed by atoms with Gasteiger partial charge in [0.2, 0.25) is 0 Å². The van der Waals surface area contributed by atoms with Gasteiger partial charge in [0, 0.05) is 22.5 Å². The standard InChI is InChI=1S/C18H18N2O5S/c1-3-19-18(23)20-16(21)10(2)25-17(22)14-8-11-9-24-13-7-5-4-6-12(13)15(11)26-14/h4-8,10H,3,9H2,1-2H3,(H2,19,20,21,23). The normalized spacial score (nSPS) is 12.8. The van der Waals surface area contributed by atoms with E-state index in [1.54, 1.807) is 13.0 Å². The fraction of sp³-hybridized carbons (Fsp3) is 0.278. The molecule has 2 heterocycles. The lowest BCUT2D eigenvalue weighted by molar-refractivity contribution is -0.127. The summed E-state index contributed by atoms with van der Waals surface area (Å²) in [4.78, 5) is 37.0. The first-order valence-electron chi connectivity index (χ1n) is 8.14. The molecule has 1 atom stereocenters. The molecule has 0 saturated carbocycles. The summed E-state index contributed by atoms with van der Waals surface area (Å²) in [6.07, 6.45) is -1.09. The predicted octanol–water partition coefficient (Wildman–Crippen LogP) is 2.70. The number of para-hydroxylation sites is 1. The smallest absolute Gasteiger partial charge is 0.349 e. The quantitative estimate of drug-likeness (QED) is 0.803. The third-order valence-electron chi connectivity index (χ3n) is 3.75. The molecule has 26 heavy (non-hydrogen) atoms. The van der Waals surface area contributed by atoms with E-state index >= 15 is 0 Å². The van der Waals surface area contributed by atoms with Crippen LogP contribution in [0.25, 0.3) is 10.4 Å². The maximum Gasteiger partial charge on any atom is 0.349 e. The molecule has 2 N–H and O–H groups in total. The lowest BCUT2D eigenvalue weighted by Gasteiger charge is -2.16. The minimum absolute atomic E-state index is 0.378. The van der Waals surface area contributed by atoms with Crippen molar-refractivity contribution in [2.24, 2.45) is 0 Å². The van der Waals surface area contributed by atoms with Gasteiger partial charge < -0.3 is 14.8 Å². The van der Waals surface area contributed by atoms with Crippen LogP contribution in [0.15, 0.2) is 30.3 Å². The van der Waals surface area contributed by atoms with E-state index in [0.717, 1.165) is 21.8 Å². The molecule has 3 amide bonds. The Labute approximate surface area is 154 Å². The number of hydrogen-bond donors (Lipinski definition) is 2. The average Bonchev–Trinajstić information content (AvgIpc) is 3.06. The van der Waals surface area contributed by atoms with Crippen molar-refractivity contribution in [1.82, 2.24) is 10.6 Å². The van der Waals surface area contributed by atoms with Crippen LogP contribution in [-0.2, 0) is 16.1 Å². The Morgan fingerprint density at radius 2 is 2.08 bits per heavy atom. The number of benzene rings is 1. The topological polar surface area (TPSA) is 93.7 Å². The van der Waals surface area contributed by atoms with E-state index in [9.17, 15) is 14.4 Å². The lowest BCUT2D eigenvalue weighted by atomic mass is 10.1. The number of fused-ring (bicyclic) bond motifs is 3. The first kappa shape index (κ1) is 17.9. The third kappa shape index (κ3) is 3.70. The molecule has 0 saturated heterocycles. The van der Waals surface area contributed by atoms with Crippen LogP contribution in [0.3, 0.4) is 0 Å². The van der Waals surface area contributed by atoms with E-state index in [2.05, 4.69) is 10.6 Å². The Kier molecular flexibility index (Phi) is 5.22. The summed E-state index contributed by atoms with van der Waals surface area (Å²) in [5.41, 5.74) is 1.83. The van der Waals surface area contributed by atoms with Crippen LogP contribution < -0.4 is 15.4 Å². The SMILES string of the molecule is CCNC(=O)NC(=O)C(C)OC(=O)c1cc2c(s1)-c1ccccc1OC2. The molecule has 3 rings (SSSR count). The third-order valence-corrected chi connectivity index (χ3v) is 4.94. The van der Waals surface area contributed by atoms with Crippen molar-refractivity contribution in [2.75, 3.05) is 6.54 Å². The van der Waals surface area contributed by atoms with Gasteiger partial charge >= 0.3 is 12.0 Å². The molecular formula is C18H18N2O5S. The van der Waals surface area contributed by atoms with Crippen LogP contribution in [0.4, 0.5) is 4.79 Å². The molecule has 0 spiro atoms. The molecule has 0 fully saturated rings. The highest BCUT2D eigenvalue weighted by Crippen LogP contribution is 2.42. The van der Waals surface area contributed by atoms with Crippen LogP contribution in [-0.4, -0.2) is 30.6 Å². The second kappa shape index (κ2) is 7.57. The highest BCUT2D eigenvalue weighted by Gasteiger charge is 2.25. The summed E-state index contributed by atoms with van der Waals surface area (Å²) in [5.74, 6) is -0.517. The fourth-order valence-corrected chi connectivity index (χ4v) is 3.57. The van der Waals surface area contributed by atoms with Crippen molar-refractivity contribution in [2.45, 2.75) is 26.6 Å². The summed E-state index contributed by atoms with van der Waals surface area (Å²) in [5, 5.41) is 4.55. The zero-order chi connectivity index (χ0) is 18.7. The van der Waals surface area contributed by atoms with Crippen molar-refractivity contribution in [3.63, 3.8) is 0 Å². The number of imide groups is 1. The average molecular weight is 374 g/mol. The number of esters is 1. The van der Waals surface area contributed by atoms with Crippen LogP contribution >= 0.6 is 11.3 Å². The molecular weight excluding hydrogens is 356 g/mol. The van der Waals surface area contributed by atoms with Gasteiger partial charge in [0.15, 0.2) is 6.10 Å². The van der Waals surface area contributed by atoms with Crippen LogP contribution in [0.2, 0.25) is 0 Å². The van der Waals surface area contributed by atoms with Crippen molar-refractivity contribution < 1.29 is 23.9 Å². The number of ether oxygens (including phenoxy) is 2. The summed E-state index contributed by atoms with van der Waals surface area (Å²) >= 11 is 1.30. The maximum atomic E-state index is 12.4. The molecule has 136 valence electrons. The Balaban J connectivity index is 1.69. The number of hydrogen-bond acceptors (Lipinski definition) is 6. The Morgan fingerprint density at radius 3 is 2.85 bits per heavy atom. The molecule has 1 unspecified atom stereocenters. The molecule has 0 aliphatic carbocycles. The Hall–Kier alpha value is -2.87. The van der Waals surface area contributed by atoms with Crippen LogP contribution in [0.5, 0.6) is 5.75 Å². The number of carbonyl (C=O) groups excluding carboxylic acids is 3. The van der Waals surface area contributed by atoms with Crippen LogP contribution in [0.1, 0.15) is 29.1 Å². The van der Waals surface area contributed by atoms with Gasteiger partial charge in [0.25, 0.3) is 5.91 Å². The molecule has 1 aromatic heterocycles. The lowest BCUT2D eigenvalue weighted by Crippen LogP contribution is -2.44. The summed E-state index contributed by atoms with van der Waals surface area (Å²) < 4.78 is 10.9. The van der Waals surface area contributed by atoms with E-state index < -0.39 is 24.0 Å². The van der Waals surface area contributed by atoms with E-state index in [0.29, 0.717) is 18.0 Å². The molecule has 0 bridgehead atoms. The number of nitrogens with one attached hydrogen (secondary N) is 2. The molecule has 7 nitrogen and oxygen atoms in total. The van der Waals surface area contributed by atoms with Crippen molar-refractivity contribution in [3.05, 3.63) is 40.8 Å². The maximum absolute atomic E-state index is 12.4. The molecule has 2 aromatic rings. The van der Waals surface area contributed by atoms with Gasteiger partial charge in [-0.25, -0.2) is 9.59 Å². The number of rotatable bonds is 4. The number of amides is 3. The summed E-state index contributed by atoms with van der Waals surface area (Å²) in [6.45, 7) is 3.91. The fourth-order valence-electron chi connectivity index (χ4n) is 2.49. The highest BCUT2D eigenvalue weighted by atomic mass is 32.1. The zero-order valence-corrected chi connectivity index (χ0v) is 15.1. The second-order valence-electron chi connectivity index (χ2n) is 5.65. The van der Waals surface area contributed by atoms with Crippen LogP contribution in [0, 0.1) is 0 Å². The molecule has 8 heteroatoms. The Bertz CT molecular complexity index is 861. The van der Waals surface area contributed by atoms with Gasteiger partial charge in [-0.15, -0.1) is 11.3 Å². The molecule has 0 radical (unpaired) electrons.